The molecular formula is C14H20N4. The quantitative estimate of drug-likeness (QED) is 0.847. The zero-order valence-corrected chi connectivity index (χ0v) is 11.0. The molecule has 2 rings (SSSR count). The Hall–Kier alpha value is -1.68. The second kappa shape index (κ2) is 6.31. The second-order valence-corrected chi connectivity index (χ2v) is 4.24. The van der Waals surface area contributed by atoms with Crippen molar-refractivity contribution in [1.82, 2.24) is 20.1 Å². The van der Waals surface area contributed by atoms with Crippen LogP contribution in [0.5, 0.6) is 0 Å². The highest BCUT2D eigenvalue weighted by molar-refractivity contribution is 5.16. The third-order valence-electron chi connectivity index (χ3n) is 3.05. The largest absolute Gasteiger partial charge is 0.309 e. The van der Waals surface area contributed by atoms with Gasteiger partial charge in [0.25, 0.3) is 0 Å². The van der Waals surface area contributed by atoms with Crippen LogP contribution in [0.25, 0.3) is 0 Å². The predicted octanol–water partition coefficient (Wildman–Crippen LogP) is 2.19. The van der Waals surface area contributed by atoms with Crippen molar-refractivity contribution < 1.29 is 0 Å². The first kappa shape index (κ1) is 12.8. The van der Waals surface area contributed by atoms with Gasteiger partial charge in [-0.3, -0.25) is 9.67 Å². The number of hydrogen-bond acceptors (Lipinski definition) is 3. The molecular weight excluding hydrogens is 224 g/mol. The SMILES string of the molecule is CCNC(Cc1ccncc1)c1ccnn1CC. The maximum absolute atomic E-state index is 4.34. The number of nitrogens with zero attached hydrogens (tertiary/aromatic N) is 3. The van der Waals surface area contributed by atoms with Crippen LogP contribution in [0.4, 0.5) is 0 Å². The average Bonchev–Trinajstić information content (AvgIpc) is 2.87. The van der Waals surface area contributed by atoms with Crippen LogP contribution in [0.15, 0.2) is 36.8 Å². The lowest BCUT2D eigenvalue weighted by Gasteiger charge is -2.19. The summed E-state index contributed by atoms with van der Waals surface area (Å²) in [6.45, 7) is 6.10. The lowest BCUT2D eigenvalue weighted by Crippen LogP contribution is -2.25. The molecule has 0 aliphatic heterocycles. The van der Waals surface area contributed by atoms with Gasteiger partial charge < -0.3 is 5.32 Å². The normalized spacial score (nSPS) is 12.6. The van der Waals surface area contributed by atoms with Gasteiger partial charge in [0, 0.05) is 25.1 Å². The number of pyridine rings is 1. The van der Waals surface area contributed by atoms with E-state index >= 15 is 0 Å². The molecule has 0 fully saturated rings. The molecule has 0 saturated heterocycles. The molecule has 1 N–H and O–H groups in total. The first-order chi connectivity index (χ1) is 8.85. The highest BCUT2D eigenvalue weighted by atomic mass is 15.3. The highest BCUT2D eigenvalue weighted by Gasteiger charge is 2.15. The van der Waals surface area contributed by atoms with Crippen molar-refractivity contribution in [1.29, 1.82) is 0 Å². The minimum absolute atomic E-state index is 0.305. The second-order valence-electron chi connectivity index (χ2n) is 4.24. The third-order valence-corrected chi connectivity index (χ3v) is 3.05. The molecule has 4 nitrogen and oxygen atoms in total. The van der Waals surface area contributed by atoms with Crippen LogP contribution in [0.1, 0.15) is 31.1 Å². The summed E-state index contributed by atoms with van der Waals surface area (Å²) in [5.74, 6) is 0. The Bertz CT molecular complexity index is 464. The van der Waals surface area contributed by atoms with E-state index in [0.717, 1.165) is 19.5 Å². The summed E-state index contributed by atoms with van der Waals surface area (Å²) >= 11 is 0. The van der Waals surface area contributed by atoms with Crippen LogP contribution in [0.2, 0.25) is 0 Å². The number of hydrogen-bond donors (Lipinski definition) is 1. The lowest BCUT2D eigenvalue weighted by atomic mass is 10.0. The zero-order valence-electron chi connectivity index (χ0n) is 11.0. The monoisotopic (exact) mass is 244 g/mol. The average molecular weight is 244 g/mol. The van der Waals surface area contributed by atoms with Gasteiger partial charge in [0.1, 0.15) is 0 Å². The number of rotatable bonds is 6. The van der Waals surface area contributed by atoms with E-state index in [2.05, 4.69) is 52.1 Å². The van der Waals surface area contributed by atoms with E-state index in [1.165, 1.54) is 11.3 Å². The Morgan fingerprint density at radius 3 is 2.61 bits per heavy atom. The van der Waals surface area contributed by atoms with Gasteiger partial charge in [0.05, 0.1) is 11.7 Å². The minimum Gasteiger partial charge on any atom is -0.309 e. The molecule has 2 heterocycles. The van der Waals surface area contributed by atoms with Crippen molar-refractivity contribution in [2.24, 2.45) is 0 Å². The Kier molecular flexibility index (Phi) is 4.47. The topological polar surface area (TPSA) is 42.7 Å². The van der Waals surface area contributed by atoms with E-state index in [-0.39, 0.29) is 0 Å². The molecule has 4 heteroatoms. The summed E-state index contributed by atoms with van der Waals surface area (Å²) in [6.07, 6.45) is 6.52. The number of likely N-dealkylation sites (N-methyl/N-ethyl adjacent to an activating group) is 1. The Morgan fingerprint density at radius 2 is 1.94 bits per heavy atom. The van der Waals surface area contributed by atoms with Crippen molar-refractivity contribution >= 4 is 0 Å². The first-order valence-corrected chi connectivity index (χ1v) is 6.49. The van der Waals surface area contributed by atoms with Gasteiger partial charge in [-0.05, 0) is 43.7 Å². The van der Waals surface area contributed by atoms with Crippen molar-refractivity contribution in [3.8, 4) is 0 Å². The molecule has 0 aromatic carbocycles. The van der Waals surface area contributed by atoms with Crippen LogP contribution < -0.4 is 5.32 Å². The molecule has 18 heavy (non-hydrogen) atoms. The van der Waals surface area contributed by atoms with E-state index in [1.807, 2.05) is 18.6 Å². The molecule has 1 unspecified atom stereocenters. The molecule has 96 valence electrons. The fraction of sp³-hybridized carbons (Fsp3) is 0.429. The molecule has 1 atom stereocenters. The Balaban J connectivity index is 2.18. The predicted molar refractivity (Wildman–Crippen MR) is 72.3 cm³/mol. The van der Waals surface area contributed by atoms with Crippen LogP contribution in [-0.4, -0.2) is 21.3 Å². The molecule has 0 radical (unpaired) electrons. The fourth-order valence-corrected chi connectivity index (χ4v) is 2.19. The smallest absolute Gasteiger partial charge is 0.0556 e. The van der Waals surface area contributed by atoms with Crippen molar-refractivity contribution in [2.75, 3.05) is 6.54 Å². The zero-order chi connectivity index (χ0) is 12.8. The molecule has 2 aromatic rings. The van der Waals surface area contributed by atoms with Gasteiger partial charge in [0.2, 0.25) is 0 Å². The van der Waals surface area contributed by atoms with Crippen LogP contribution in [0.3, 0.4) is 0 Å². The van der Waals surface area contributed by atoms with E-state index in [4.69, 9.17) is 0 Å². The van der Waals surface area contributed by atoms with Crippen LogP contribution in [-0.2, 0) is 13.0 Å². The van der Waals surface area contributed by atoms with E-state index < -0.39 is 0 Å². The minimum atomic E-state index is 0.305. The van der Waals surface area contributed by atoms with E-state index in [0.29, 0.717) is 6.04 Å². The molecule has 0 bridgehead atoms. The maximum Gasteiger partial charge on any atom is 0.0556 e. The molecule has 0 amide bonds. The summed E-state index contributed by atoms with van der Waals surface area (Å²) in [4.78, 5) is 4.06. The van der Waals surface area contributed by atoms with Gasteiger partial charge in [-0.15, -0.1) is 0 Å². The Labute approximate surface area is 108 Å². The van der Waals surface area contributed by atoms with Gasteiger partial charge in [-0.25, -0.2) is 0 Å². The van der Waals surface area contributed by atoms with Gasteiger partial charge in [-0.1, -0.05) is 6.92 Å². The summed E-state index contributed by atoms with van der Waals surface area (Å²) in [6, 6.07) is 6.53. The summed E-state index contributed by atoms with van der Waals surface area (Å²) in [7, 11) is 0. The Morgan fingerprint density at radius 1 is 1.17 bits per heavy atom. The standard InChI is InChI=1S/C14H20N4/c1-3-16-13(11-12-5-8-15-9-6-12)14-7-10-17-18(14)4-2/h5-10,13,16H,3-4,11H2,1-2H3. The molecule has 2 aromatic heterocycles. The van der Waals surface area contributed by atoms with Crippen LogP contribution >= 0.6 is 0 Å². The number of aryl methyl sites for hydroxylation is 1. The van der Waals surface area contributed by atoms with Crippen molar-refractivity contribution in [2.45, 2.75) is 32.9 Å². The third kappa shape index (κ3) is 2.96. The van der Waals surface area contributed by atoms with E-state index in [9.17, 15) is 0 Å². The van der Waals surface area contributed by atoms with Crippen LogP contribution in [0, 0.1) is 0 Å². The molecule has 0 spiro atoms. The maximum atomic E-state index is 4.34. The fourth-order valence-electron chi connectivity index (χ4n) is 2.19. The lowest BCUT2D eigenvalue weighted by molar-refractivity contribution is 0.490. The van der Waals surface area contributed by atoms with E-state index in [1.54, 1.807) is 0 Å². The molecule has 0 saturated carbocycles. The summed E-state index contributed by atoms with van der Waals surface area (Å²) in [5.41, 5.74) is 2.54. The van der Waals surface area contributed by atoms with Gasteiger partial charge in [0.15, 0.2) is 0 Å². The summed E-state index contributed by atoms with van der Waals surface area (Å²) < 4.78 is 2.05. The molecule has 0 aliphatic rings. The number of aromatic nitrogens is 3. The molecule has 0 aliphatic carbocycles. The van der Waals surface area contributed by atoms with Crippen molar-refractivity contribution in [3.05, 3.63) is 48.0 Å². The highest BCUT2D eigenvalue weighted by Crippen LogP contribution is 2.17. The number of nitrogens with one attached hydrogen (secondary N) is 1. The van der Waals surface area contributed by atoms with Gasteiger partial charge in [-0.2, -0.15) is 5.10 Å². The van der Waals surface area contributed by atoms with Gasteiger partial charge >= 0.3 is 0 Å². The van der Waals surface area contributed by atoms with Crippen molar-refractivity contribution in [3.63, 3.8) is 0 Å². The summed E-state index contributed by atoms with van der Waals surface area (Å²) in [5, 5.41) is 7.87. The first-order valence-electron chi connectivity index (χ1n) is 6.49.